The van der Waals surface area contributed by atoms with E-state index in [1.54, 1.807) is 30.2 Å². The van der Waals surface area contributed by atoms with Gasteiger partial charge in [-0.1, -0.05) is 0 Å². The van der Waals surface area contributed by atoms with Gasteiger partial charge in [0, 0.05) is 25.2 Å². The van der Waals surface area contributed by atoms with Gasteiger partial charge in [0.2, 0.25) is 0 Å². The predicted octanol–water partition coefficient (Wildman–Crippen LogP) is 1.27. The van der Waals surface area contributed by atoms with Crippen molar-refractivity contribution >= 4 is 11.9 Å². The van der Waals surface area contributed by atoms with Crippen molar-refractivity contribution < 1.29 is 23.8 Å². The molecule has 7 heteroatoms. The molecule has 0 N–H and O–H groups in total. The van der Waals surface area contributed by atoms with Gasteiger partial charge in [0.05, 0.1) is 27.8 Å². The van der Waals surface area contributed by atoms with Crippen LogP contribution in [0.4, 0.5) is 0 Å². The normalized spacial score (nSPS) is 10.4. The minimum atomic E-state index is -0.343. The number of hydrogen-bond acceptors (Lipinski definition) is 6. The summed E-state index contributed by atoms with van der Waals surface area (Å²) in [6.07, 6.45) is 0.156. The van der Waals surface area contributed by atoms with Gasteiger partial charge >= 0.3 is 5.97 Å². The molecule has 1 aromatic carbocycles. The van der Waals surface area contributed by atoms with E-state index in [1.165, 1.54) is 14.2 Å². The zero-order chi connectivity index (χ0) is 18.1. The number of likely N-dealkylation sites (N-methyl/N-ethyl adjacent to an activating group) is 1. The summed E-state index contributed by atoms with van der Waals surface area (Å²) in [6.45, 7) is 1.51. The van der Waals surface area contributed by atoms with Gasteiger partial charge in [-0.15, -0.1) is 0 Å². The van der Waals surface area contributed by atoms with Crippen molar-refractivity contribution in [1.29, 1.82) is 0 Å². The van der Waals surface area contributed by atoms with Crippen LogP contribution in [0.15, 0.2) is 18.2 Å². The van der Waals surface area contributed by atoms with Crippen molar-refractivity contribution in [3.05, 3.63) is 23.8 Å². The molecule has 0 bridgehead atoms. The molecule has 0 unspecified atom stereocenters. The summed E-state index contributed by atoms with van der Waals surface area (Å²) >= 11 is 0. The maximum Gasteiger partial charge on any atom is 0.307 e. The molecule has 0 heterocycles. The summed E-state index contributed by atoms with van der Waals surface area (Å²) in [4.78, 5) is 27.8. The molecule has 0 atom stereocenters. The van der Waals surface area contributed by atoms with Gasteiger partial charge in [0.25, 0.3) is 5.91 Å². The van der Waals surface area contributed by atoms with Crippen LogP contribution in [-0.2, 0) is 9.53 Å². The summed E-state index contributed by atoms with van der Waals surface area (Å²) < 4.78 is 15.1. The highest BCUT2D eigenvalue weighted by molar-refractivity contribution is 5.95. The standard InChI is InChI=1S/C17H26N2O5/c1-18(2)10-11-19(9-8-16(20)24-5)17(21)13-6-7-14(22-3)15(12-13)23-4/h6-7,12H,8-11H2,1-5H3. The van der Waals surface area contributed by atoms with Crippen LogP contribution in [0.3, 0.4) is 0 Å². The molecule has 0 fully saturated rings. The zero-order valence-corrected chi connectivity index (χ0v) is 15.0. The Kier molecular flexibility index (Phi) is 8.05. The predicted molar refractivity (Wildman–Crippen MR) is 90.6 cm³/mol. The molecule has 0 saturated heterocycles. The topological polar surface area (TPSA) is 68.3 Å². The van der Waals surface area contributed by atoms with E-state index in [0.29, 0.717) is 36.7 Å². The van der Waals surface area contributed by atoms with Crippen LogP contribution >= 0.6 is 0 Å². The number of rotatable bonds is 9. The summed E-state index contributed by atoms with van der Waals surface area (Å²) in [7, 11) is 8.26. The molecule has 0 spiro atoms. The van der Waals surface area contributed by atoms with E-state index in [0.717, 1.165) is 0 Å². The number of methoxy groups -OCH3 is 3. The quantitative estimate of drug-likeness (QED) is 0.632. The van der Waals surface area contributed by atoms with Crippen molar-refractivity contribution in [1.82, 2.24) is 9.80 Å². The molecule has 0 aliphatic carbocycles. The van der Waals surface area contributed by atoms with Crippen molar-refractivity contribution in [2.75, 3.05) is 55.1 Å². The number of carbonyl (C=O) groups is 2. The van der Waals surface area contributed by atoms with Crippen LogP contribution in [0.2, 0.25) is 0 Å². The summed E-state index contributed by atoms with van der Waals surface area (Å²) in [5.41, 5.74) is 0.483. The number of nitrogens with zero attached hydrogens (tertiary/aromatic N) is 2. The third-order valence-electron chi connectivity index (χ3n) is 3.55. The molecular weight excluding hydrogens is 312 g/mol. The third-order valence-corrected chi connectivity index (χ3v) is 3.55. The lowest BCUT2D eigenvalue weighted by molar-refractivity contribution is -0.140. The molecule has 24 heavy (non-hydrogen) atoms. The van der Waals surface area contributed by atoms with Crippen molar-refractivity contribution in [3.63, 3.8) is 0 Å². The Bertz CT molecular complexity index is 560. The second-order valence-corrected chi connectivity index (χ2v) is 5.49. The Morgan fingerprint density at radius 1 is 0.958 bits per heavy atom. The van der Waals surface area contributed by atoms with Crippen LogP contribution < -0.4 is 9.47 Å². The largest absolute Gasteiger partial charge is 0.493 e. The Morgan fingerprint density at radius 3 is 2.17 bits per heavy atom. The Hall–Kier alpha value is -2.28. The van der Waals surface area contributed by atoms with E-state index in [1.807, 2.05) is 19.0 Å². The second-order valence-electron chi connectivity index (χ2n) is 5.49. The number of esters is 1. The van der Waals surface area contributed by atoms with Gasteiger partial charge in [0.1, 0.15) is 0 Å². The maximum atomic E-state index is 12.8. The highest BCUT2D eigenvalue weighted by atomic mass is 16.5. The first kappa shape index (κ1) is 19.8. The van der Waals surface area contributed by atoms with Crippen LogP contribution in [-0.4, -0.2) is 76.7 Å². The Labute approximate surface area is 143 Å². The molecule has 0 aliphatic heterocycles. The van der Waals surface area contributed by atoms with Crippen LogP contribution in [0.5, 0.6) is 11.5 Å². The van der Waals surface area contributed by atoms with Gasteiger partial charge in [-0.2, -0.15) is 0 Å². The molecule has 7 nitrogen and oxygen atoms in total. The van der Waals surface area contributed by atoms with Gasteiger partial charge in [-0.05, 0) is 32.3 Å². The molecule has 134 valence electrons. The van der Waals surface area contributed by atoms with Gasteiger partial charge in [0.15, 0.2) is 11.5 Å². The molecule has 1 aromatic rings. The van der Waals surface area contributed by atoms with Crippen molar-refractivity contribution in [2.24, 2.45) is 0 Å². The average molecular weight is 338 g/mol. The fourth-order valence-electron chi connectivity index (χ4n) is 2.12. The van der Waals surface area contributed by atoms with Crippen molar-refractivity contribution in [2.45, 2.75) is 6.42 Å². The summed E-state index contributed by atoms with van der Waals surface area (Å²) in [5.74, 6) is 0.541. The number of amides is 1. The summed E-state index contributed by atoms with van der Waals surface area (Å²) in [5, 5.41) is 0. The second kappa shape index (κ2) is 9.77. The molecule has 1 amide bonds. The average Bonchev–Trinajstić information content (AvgIpc) is 2.59. The molecular formula is C17H26N2O5. The first-order chi connectivity index (χ1) is 11.4. The van der Waals surface area contributed by atoms with Crippen LogP contribution in [0, 0.1) is 0 Å². The van der Waals surface area contributed by atoms with E-state index >= 15 is 0 Å². The van der Waals surface area contributed by atoms with Crippen LogP contribution in [0.1, 0.15) is 16.8 Å². The highest BCUT2D eigenvalue weighted by Crippen LogP contribution is 2.28. The zero-order valence-electron chi connectivity index (χ0n) is 15.0. The fourth-order valence-corrected chi connectivity index (χ4v) is 2.12. The molecule has 0 saturated carbocycles. The minimum absolute atomic E-state index is 0.156. The monoisotopic (exact) mass is 338 g/mol. The Balaban J connectivity index is 2.94. The number of benzene rings is 1. The molecule has 0 aromatic heterocycles. The minimum Gasteiger partial charge on any atom is -0.493 e. The lowest BCUT2D eigenvalue weighted by Gasteiger charge is -2.24. The van der Waals surface area contributed by atoms with Gasteiger partial charge in [-0.3, -0.25) is 9.59 Å². The van der Waals surface area contributed by atoms with Gasteiger partial charge in [-0.25, -0.2) is 0 Å². The molecule has 0 aliphatic rings. The first-order valence-corrected chi connectivity index (χ1v) is 7.65. The van der Waals surface area contributed by atoms with E-state index in [2.05, 4.69) is 4.74 Å². The van der Waals surface area contributed by atoms with Crippen LogP contribution in [0.25, 0.3) is 0 Å². The molecule has 0 radical (unpaired) electrons. The highest BCUT2D eigenvalue weighted by Gasteiger charge is 2.19. The number of hydrogen-bond donors (Lipinski definition) is 0. The third kappa shape index (κ3) is 5.73. The van der Waals surface area contributed by atoms with E-state index in [9.17, 15) is 9.59 Å². The SMILES string of the molecule is COC(=O)CCN(CCN(C)C)C(=O)c1ccc(OC)c(OC)c1. The summed E-state index contributed by atoms with van der Waals surface area (Å²) in [6, 6.07) is 5.02. The van der Waals surface area contributed by atoms with E-state index < -0.39 is 0 Å². The van der Waals surface area contributed by atoms with Gasteiger partial charge < -0.3 is 24.0 Å². The lowest BCUT2D eigenvalue weighted by atomic mass is 10.1. The Morgan fingerprint density at radius 2 is 1.62 bits per heavy atom. The molecule has 1 rings (SSSR count). The number of carbonyl (C=O) groups excluding carboxylic acids is 2. The lowest BCUT2D eigenvalue weighted by Crippen LogP contribution is -2.38. The van der Waals surface area contributed by atoms with Crippen molar-refractivity contribution in [3.8, 4) is 11.5 Å². The van der Waals surface area contributed by atoms with E-state index in [4.69, 9.17) is 9.47 Å². The van der Waals surface area contributed by atoms with E-state index in [-0.39, 0.29) is 18.3 Å². The number of ether oxygens (including phenoxy) is 3. The maximum absolute atomic E-state index is 12.8. The smallest absolute Gasteiger partial charge is 0.307 e. The fraction of sp³-hybridized carbons (Fsp3) is 0.529. The first-order valence-electron chi connectivity index (χ1n) is 7.65.